The monoisotopic (exact) mass is 360 g/mol. The Bertz CT molecular complexity index is 704. The van der Waals surface area contributed by atoms with Crippen molar-refractivity contribution in [2.24, 2.45) is 0 Å². The molecule has 1 unspecified atom stereocenters. The zero-order valence-corrected chi connectivity index (χ0v) is 15.8. The maximum Gasteiger partial charge on any atom is 0.171 e. The maximum atomic E-state index is 5.44. The maximum absolute atomic E-state index is 5.44. The summed E-state index contributed by atoms with van der Waals surface area (Å²) in [6, 6.07) is 13.6. The molecule has 5 nitrogen and oxygen atoms in total. The van der Waals surface area contributed by atoms with Crippen LogP contribution in [0.4, 0.5) is 5.69 Å². The highest BCUT2D eigenvalue weighted by atomic mass is 32.1. The van der Waals surface area contributed by atoms with Gasteiger partial charge < -0.3 is 24.8 Å². The molecule has 25 heavy (non-hydrogen) atoms. The molecule has 2 rings (SSSR count). The third-order valence-electron chi connectivity index (χ3n) is 3.87. The Hall–Kier alpha value is -2.47. The molecular formula is C19H24N2O3S. The van der Waals surface area contributed by atoms with E-state index in [2.05, 4.69) is 17.6 Å². The summed E-state index contributed by atoms with van der Waals surface area (Å²) in [6.45, 7) is 2.10. The van der Waals surface area contributed by atoms with Crippen molar-refractivity contribution < 1.29 is 14.2 Å². The van der Waals surface area contributed by atoms with E-state index in [1.165, 1.54) is 0 Å². The first-order valence-electron chi connectivity index (χ1n) is 8.04. The number of hydrogen-bond donors (Lipinski definition) is 2. The third-order valence-corrected chi connectivity index (χ3v) is 4.09. The third kappa shape index (κ3) is 5.00. The largest absolute Gasteiger partial charge is 0.497 e. The number of thiocarbonyl (C=S) groups is 1. The molecule has 0 aromatic heterocycles. The predicted octanol–water partition coefficient (Wildman–Crippen LogP) is 4.15. The van der Waals surface area contributed by atoms with E-state index < -0.39 is 0 Å². The molecule has 2 N–H and O–H groups in total. The fourth-order valence-corrected chi connectivity index (χ4v) is 2.75. The molecule has 2 aromatic rings. The van der Waals surface area contributed by atoms with Gasteiger partial charge in [-0.2, -0.15) is 0 Å². The van der Waals surface area contributed by atoms with Crippen molar-refractivity contribution in [1.29, 1.82) is 0 Å². The quantitative estimate of drug-likeness (QED) is 0.724. The van der Waals surface area contributed by atoms with Crippen molar-refractivity contribution in [2.45, 2.75) is 19.4 Å². The van der Waals surface area contributed by atoms with Gasteiger partial charge in [-0.1, -0.05) is 13.0 Å². The summed E-state index contributed by atoms with van der Waals surface area (Å²) >= 11 is 5.44. The molecule has 0 aliphatic carbocycles. The molecule has 1 atom stereocenters. The second-order valence-electron chi connectivity index (χ2n) is 5.40. The summed E-state index contributed by atoms with van der Waals surface area (Å²) in [6.07, 6.45) is 0.875. The highest BCUT2D eigenvalue weighted by Crippen LogP contribution is 2.30. The smallest absolute Gasteiger partial charge is 0.171 e. The van der Waals surface area contributed by atoms with Gasteiger partial charge in [0.2, 0.25) is 0 Å². The van der Waals surface area contributed by atoms with Gasteiger partial charge >= 0.3 is 0 Å². The molecule has 0 aliphatic heterocycles. The second-order valence-corrected chi connectivity index (χ2v) is 5.81. The zero-order valence-electron chi connectivity index (χ0n) is 15.0. The summed E-state index contributed by atoms with van der Waals surface area (Å²) in [5.74, 6) is 2.22. The number of rotatable bonds is 7. The second kappa shape index (κ2) is 9.13. The lowest BCUT2D eigenvalue weighted by Crippen LogP contribution is -2.32. The normalized spacial score (nSPS) is 11.4. The first-order chi connectivity index (χ1) is 12.1. The van der Waals surface area contributed by atoms with Gasteiger partial charge in [0.05, 0.1) is 27.4 Å². The number of nitrogens with one attached hydrogen (secondary N) is 2. The van der Waals surface area contributed by atoms with Gasteiger partial charge in [0.25, 0.3) is 0 Å². The number of ether oxygens (including phenoxy) is 3. The van der Waals surface area contributed by atoms with Gasteiger partial charge in [0.15, 0.2) is 16.6 Å². The van der Waals surface area contributed by atoms with Gasteiger partial charge in [-0.15, -0.1) is 0 Å². The molecule has 0 amide bonds. The van der Waals surface area contributed by atoms with Crippen LogP contribution in [0.15, 0.2) is 42.5 Å². The van der Waals surface area contributed by atoms with Crippen LogP contribution in [0, 0.1) is 0 Å². The summed E-state index contributed by atoms with van der Waals surface area (Å²) in [4.78, 5) is 0. The van der Waals surface area contributed by atoms with Crippen molar-refractivity contribution in [3.8, 4) is 17.2 Å². The van der Waals surface area contributed by atoms with E-state index in [9.17, 15) is 0 Å². The highest BCUT2D eigenvalue weighted by Gasteiger charge is 2.14. The average molecular weight is 360 g/mol. The highest BCUT2D eigenvalue weighted by molar-refractivity contribution is 7.80. The van der Waals surface area contributed by atoms with E-state index in [0.717, 1.165) is 23.4 Å². The van der Waals surface area contributed by atoms with Crippen LogP contribution in [0.5, 0.6) is 17.2 Å². The molecule has 0 spiro atoms. The van der Waals surface area contributed by atoms with Crippen LogP contribution >= 0.6 is 12.2 Å². The van der Waals surface area contributed by atoms with Gasteiger partial charge in [-0.05, 0) is 60.6 Å². The molecule has 0 aliphatic rings. The van der Waals surface area contributed by atoms with Crippen LogP contribution in [0.3, 0.4) is 0 Å². The van der Waals surface area contributed by atoms with Crippen molar-refractivity contribution >= 4 is 23.0 Å². The van der Waals surface area contributed by atoms with Crippen LogP contribution in [0.2, 0.25) is 0 Å². The van der Waals surface area contributed by atoms with Crippen molar-refractivity contribution in [3.63, 3.8) is 0 Å². The zero-order chi connectivity index (χ0) is 18.2. The van der Waals surface area contributed by atoms with E-state index in [0.29, 0.717) is 16.6 Å². The number of methoxy groups -OCH3 is 3. The molecule has 0 bridgehead atoms. The van der Waals surface area contributed by atoms with Gasteiger partial charge in [0, 0.05) is 5.69 Å². The van der Waals surface area contributed by atoms with E-state index in [-0.39, 0.29) is 6.04 Å². The van der Waals surface area contributed by atoms with E-state index >= 15 is 0 Å². The number of anilines is 1. The summed E-state index contributed by atoms with van der Waals surface area (Å²) in [5.41, 5.74) is 1.99. The van der Waals surface area contributed by atoms with E-state index in [4.69, 9.17) is 26.4 Å². The molecular weight excluding hydrogens is 336 g/mol. The lowest BCUT2D eigenvalue weighted by molar-refractivity contribution is 0.354. The minimum absolute atomic E-state index is 0.0676. The fourth-order valence-electron chi connectivity index (χ4n) is 2.49. The van der Waals surface area contributed by atoms with Crippen LogP contribution < -0.4 is 24.8 Å². The van der Waals surface area contributed by atoms with E-state index in [1.807, 2.05) is 42.5 Å². The molecule has 0 radical (unpaired) electrons. The standard InChI is InChI=1S/C19H24N2O3S/c1-5-16(13-6-11-17(23-3)18(12-13)24-4)21-19(25)20-14-7-9-15(22-2)10-8-14/h6-12,16H,5H2,1-4H3,(H2,20,21,25). The Balaban J connectivity index is 2.06. The van der Waals surface area contributed by atoms with Gasteiger partial charge in [-0.25, -0.2) is 0 Å². The minimum Gasteiger partial charge on any atom is -0.497 e. The Morgan fingerprint density at radius 2 is 1.64 bits per heavy atom. The van der Waals surface area contributed by atoms with Crippen molar-refractivity contribution in [3.05, 3.63) is 48.0 Å². The molecule has 134 valence electrons. The van der Waals surface area contributed by atoms with Gasteiger partial charge in [-0.3, -0.25) is 0 Å². The topological polar surface area (TPSA) is 51.8 Å². The number of hydrogen-bond acceptors (Lipinski definition) is 4. The average Bonchev–Trinajstić information content (AvgIpc) is 2.66. The molecule has 2 aromatic carbocycles. The van der Waals surface area contributed by atoms with Crippen molar-refractivity contribution in [2.75, 3.05) is 26.6 Å². The molecule has 6 heteroatoms. The van der Waals surface area contributed by atoms with E-state index in [1.54, 1.807) is 21.3 Å². The fraction of sp³-hybridized carbons (Fsp3) is 0.316. The van der Waals surface area contributed by atoms with Crippen LogP contribution in [-0.4, -0.2) is 26.4 Å². The first kappa shape index (κ1) is 18.9. The number of benzene rings is 2. The molecule has 0 fully saturated rings. The molecule has 0 saturated carbocycles. The molecule has 0 heterocycles. The van der Waals surface area contributed by atoms with Crippen LogP contribution in [0.25, 0.3) is 0 Å². The lowest BCUT2D eigenvalue weighted by Gasteiger charge is -2.21. The Morgan fingerprint density at radius 1 is 0.960 bits per heavy atom. The minimum atomic E-state index is 0.0676. The summed E-state index contributed by atoms with van der Waals surface area (Å²) in [7, 11) is 4.90. The van der Waals surface area contributed by atoms with Crippen LogP contribution in [0.1, 0.15) is 24.9 Å². The van der Waals surface area contributed by atoms with Gasteiger partial charge in [0.1, 0.15) is 5.75 Å². The lowest BCUT2D eigenvalue weighted by atomic mass is 10.0. The van der Waals surface area contributed by atoms with Crippen LogP contribution in [-0.2, 0) is 0 Å². The summed E-state index contributed by atoms with van der Waals surface area (Å²) in [5, 5.41) is 7.09. The summed E-state index contributed by atoms with van der Waals surface area (Å²) < 4.78 is 15.8. The Kier molecular flexibility index (Phi) is 6.89. The Morgan fingerprint density at radius 3 is 2.20 bits per heavy atom. The predicted molar refractivity (Wildman–Crippen MR) is 105 cm³/mol. The molecule has 0 saturated heterocycles. The Labute approximate surface area is 154 Å². The van der Waals surface area contributed by atoms with Crippen molar-refractivity contribution in [1.82, 2.24) is 5.32 Å². The SMILES string of the molecule is CCC(NC(=S)Nc1ccc(OC)cc1)c1ccc(OC)c(OC)c1. The first-order valence-corrected chi connectivity index (χ1v) is 8.45.